The van der Waals surface area contributed by atoms with Crippen molar-refractivity contribution in [2.24, 2.45) is 11.8 Å². The highest BCUT2D eigenvalue weighted by molar-refractivity contribution is 4.90. The van der Waals surface area contributed by atoms with Gasteiger partial charge < -0.3 is 5.32 Å². The van der Waals surface area contributed by atoms with Crippen LogP contribution in [-0.2, 0) is 13.0 Å². The fraction of sp³-hybridized carbons (Fsp3) is 0.875. The van der Waals surface area contributed by atoms with E-state index in [4.69, 9.17) is 0 Å². The van der Waals surface area contributed by atoms with E-state index in [-0.39, 0.29) is 0 Å². The predicted octanol–water partition coefficient (Wildman–Crippen LogP) is 3.28. The Bertz CT molecular complexity index is 359. The molecule has 0 saturated heterocycles. The first kappa shape index (κ1) is 17.2. The molecule has 0 spiro atoms. The zero-order valence-electron chi connectivity index (χ0n) is 13.9. The van der Waals surface area contributed by atoms with Gasteiger partial charge in [-0.25, -0.2) is 9.67 Å². The van der Waals surface area contributed by atoms with Crippen LogP contribution >= 0.6 is 0 Å². The van der Waals surface area contributed by atoms with E-state index in [0.717, 1.165) is 31.3 Å². The second-order valence-corrected chi connectivity index (χ2v) is 6.36. The third kappa shape index (κ3) is 6.04. The van der Waals surface area contributed by atoms with Gasteiger partial charge in [0.25, 0.3) is 0 Å². The molecule has 1 N–H and O–H groups in total. The van der Waals surface area contributed by atoms with Crippen molar-refractivity contribution in [2.75, 3.05) is 6.54 Å². The lowest BCUT2D eigenvalue weighted by Gasteiger charge is -2.21. The minimum atomic E-state index is 0.514. The molecular weight excluding hydrogens is 248 g/mol. The zero-order valence-corrected chi connectivity index (χ0v) is 13.9. The number of aromatic nitrogens is 3. The summed E-state index contributed by atoms with van der Waals surface area (Å²) in [5, 5.41) is 8.04. The molecule has 1 aromatic rings. The summed E-state index contributed by atoms with van der Waals surface area (Å²) in [4.78, 5) is 4.46. The summed E-state index contributed by atoms with van der Waals surface area (Å²) in [5.74, 6) is 2.48. The average Bonchev–Trinajstić information content (AvgIpc) is 2.82. The van der Waals surface area contributed by atoms with E-state index in [1.54, 1.807) is 6.33 Å². The highest BCUT2D eigenvalue weighted by Gasteiger charge is 2.16. The normalized spacial score (nSPS) is 14.7. The smallest absolute Gasteiger partial charge is 0.138 e. The fourth-order valence-electron chi connectivity index (χ4n) is 2.40. The van der Waals surface area contributed by atoms with Crippen molar-refractivity contribution >= 4 is 0 Å². The van der Waals surface area contributed by atoms with E-state index in [1.807, 2.05) is 0 Å². The molecule has 1 aromatic heterocycles. The molecule has 0 aromatic carbocycles. The topological polar surface area (TPSA) is 42.7 Å². The molecule has 0 aliphatic rings. The summed E-state index contributed by atoms with van der Waals surface area (Å²) in [6.07, 6.45) is 6.30. The molecule has 20 heavy (non-hydrogen) atoms. The van der Waals surface area contributed by atoms with Gasteiger partial charge >= 0.3 is 0 Å². The van der Waals surface area contributed by atoms with Gasteiger partial charge in [0.15, 0.2) is 0 Å². The average molecular weight is 280 g/mol. The van der Waals surface area contributed by atoms with Crippen LogP contribution in [0.5, 0.6) is 0 Å². The van der Waals surface area contributed by atoms with Gasteiger partial charge in [-0.1, -0.05) is 41.0 Å². The Morgan fingerprint density at radius 1 is 1.25 bits per heavy atom. The number of nitrogens with one attached hydrogen (secondary N) is 1. The number of hydrogen-bond donors (Lipinski definition) is 1. The third-order valence-corrected chi connectivity index (χ3v) is 3.73. The minimum absolute atomic E-state index is 0.514. The van der Waals surface area contributed by atoms with Crippen LogP contribution in [0.4, 0.5) is 0 Å². The fourth-order valence-corrected chi connectivity index (χ4v) is 2.40. The molecule has 0 amide bonds. The van der Waals surface area contributed by atoms with Crippen LogP contribution in [-0.4, -0.2) is 27.4 Å². The van der Waals surface area contributed by atoms with Crippen LogP contribution in [0.25, 0.3) is 0 Å². The highest BCUT2D eigenvalue weighted by atomic mass is 15.3. The van der Waals surface area contributed by atoms with Crippen molar-refractivity contribution in [3.8, 4) is 0 Å². The summed E-state index contributed by atoms with van der Waals surface area (Å²) in [7, 11) is 0. The van der Waals surface area contributed by atoms with Crippen molar-refractivity contribution in [3.63, 3.8) is 0 Å². The van der Waals surface area contributed by atoms with Crippen LogP contribution < -0.4 is 5.32 Å². The SMILES string of the molecule is CCCNC(Cc1ncnn1CC(C)C)CC(C)CC. The lowest BCUT2D eigenvalue weighted by molar-refractivity contribution is 0.375. The first-order valence-electron chi connectivity index (χ1n) is 8.16. The molecule has 1 rings (SSSR count). The quantitative estimate of drug-likeness (QED) is 0.715. The first-order chi connectivity index (χ1) is 9.56. The lowest BCUT2D eigenvalue weighted by Crippen LogP contribution is -2.34. The van der Waals surface area contributed by atoms with Crippen LogP contribution in [0.15, 0.2) is 6.33 Å². The van der Waals surface area contributed by atoms with Gasteiger partial charge in [-0.05, 0) is 31.2 Å². The first-order valence-corrected chi connectivity index (χ1v) is 8.16. The second-order valence-electron chi connectivity index (χ2n) is 6.36. The largest absolute Gasteiger partial charge is 0.314 e. The third-order valence-electron chi connectivity index (χ3n) is 3.73. The van der Waals surface area contributed by atoms with Gasteiger partial charge in [0, 0.05) is 19.0 Å². The maximum absolute atomic E-state index is 4.46. The molecule has 2 unspecified atom stereocenters. The van der Waals surface area contributed by atoms with Crippen molar-refractivity contribution in [2.45, 2.75) is 72.9 Å². The molecule has 0 fully saturated rings. The van der Waals surface area contributed by atoms with E-state index < -0.39 is 0 Å². The Balaban J connectivity index is 2.65. The van der Waals surface area contributed by atoms with Crippen molar-refractivity contribution in [1.29, 1.82) is 0 Å². The van der Waals surface area contributed by atoms with E-state index in [2.05, 4.69) is 54.7 Å². The van der Waals surface area contributed by atoms with Gasteiger partial charge in [0.05, 0.1) is 0 Å². The van der Waals surface area contributed by atoms with E-state index >= 15 is 0 Å². The summed E-state index contributed by atoms with van der Waals surface area (Å²) in [5.41, 5.74) is 0. The van der Waals surface area contributed by atoms with Crippen molar-refractivity contribution < 1.29 is 0 Å². The van der Waals surface area contributed by atoms with E-state index in [0.29, 0.717) is 12.0 Å². The Morgan fingerprint density at radius 3 is 2.60 bits per heavy atom. The van der Waals surface area contributed by atoms with Crippen molar-refractivity contribution in [3.05, 3.63) is 12.2 Å². The monoisotopic (exact) mass is 280 g/mol. The van der Waals surface area contributed by atoms with Gasteiger partial charge in [-0.3, -0.25) is 0 Å². The molecule has 2 atom stereocenters. The molecule has 1 heterocycles. The molecule has 0 aliphatic carbocycles. The van der Waals surface area contributed by atoms with Crippen LogP contribution in [0.3, 0.4) is 0 Å². The summed E-state index contributed by atoms with van der Waals surface area (Å²) in [6.45, 7) is 13.3. The lowest BCUT2D eigenvalue weighted by atomic mass is 9.97. The van der Waals surface area contributed by atoms with E-state index in [1.165, 1.54) is 19.3 Å². The number of nitrogens with zero attached hydrogens (tertiary/aromatic N) is 3. The van der Waals surface area contributed by atoms with Crippen LogP contribution in [0.1, 0.15) is 59.7 Å². The molecule has 116 valence electrons. The molecule has 0 saturated carbocycles. The standard InChI is InChI=1S/C16H32N4/c1-6-8-17-15(9-14(5)7-2)10-16-18-12-19-20(16)11-13(3)4/h12-15,17H,6-11H2,1-5H3. The predicted molar refractivity (Wildman–Crippen MR) is 84.7 cm³/mol. The van der Waals surface area contributed by atoms with Crippen molar-refractivity contribution in [1.82, 2.24) is 20.1 Å². The van der Waals surface area contributed by atoms with Crippen LogP contribution in [0, 0.1) is 11.8 Å². The maximum Gasteiger partial charge on any atom is 0.138 e. The Kier molecular flexibility index (Phi) is 7.82. The summed E-state index contributed by atoms with van der Waals surface area (Å²) < 4.78 is 2.07. The van der Waals surface area contributed by atoms with Gasteiger partial charge in [0.1, 0.15) is 12.2 Å². The Morgan fingerprint density at radius 2 is 2.00 bits per heavy atom. The molecule has 0 radical (unpaired) electrons. The van der Waals surface area contributed by atoms with Crippen LogP contribution in [0.2, 0.25) is 0 Å². The number of rotatable bonds is 10. The van der Waals surface area contributed by atoms with Gasteiger partial charge in [-0.15, -0.1) is 0 Å². The summed E-state index contributed by atoms with van der Waals surface area (Å²) in [6, 6.07) is 0.514. The van der Waals surface area contributed by atoms with Gasteiger partial charge in [-0.2, -0.15) is 5.10 Å². The highest BCUT2D eigenvalue weighted by Crippen LogP contribution is 2.14. The van der Waals surface area contributed by atoms with Gasteiger partial charge in [0.2, 0.25) is 0 Å². The molecule has 0 bridgehead atoms. The molecular formula is C16H32N4. The Labute approximate surface area is 124 Å². The number of hydrogen-bond acceptors (Lipinski definition) is 3. The molecule has 4 nitrogen and oxygen atoms in total. The Hall–Kier alpha value is -0.900. The molecule has 0 aliphatic heterocycles. The molecule has 4 heteroatoms. The zero-order chi connectivity index (χ0) is 15.0. The summed E-state index contributed by atoms with van der Waals surface area (Å²) >= 11 is 0. The second kappa shape index (κ2) is 9.11. The maximum atomic E-state index is 4.46. The minimum Gasteiger partial charge on any atom is -0.314 e. The van der Waals surface area contributed by atoms with E-state index in [9.17, 15) is 0 Å².